The fourth-order valence-corrected chi connectivity index (χ4v) is 5.09. The summed E-state index contributed by atoms with van der Waals surface area (Å²) in [4.78, 5) is 24.8. The van der Waals surface area contributed by atoms with Gasteiger partial charge in [-0.3, -0.25) is 9.59 Å². The van der Waals surface area contributed by atoms with Gasteiger partial charge in [0.15, 0.2) is 9.84 Å². The van der Waals surface area contributed by atoms with Crippen LogP contribution in [0.4, 0.5) is 24.5 Å². The quantitative estimate of drug-likeness (QED) is 0.681. The van der Waals surface area contributed by atoms with Gasteiger partial charge in [-0.05, 0) is 36.4 Å². The van der Waals surface area contributed by atoms with Crippen molar-refractivity contribution < 1.29 is 31.2 Å². The second-order valence-electron chi connectivity index (χ2n) is 7.05. The Bertz CT molecular complexity index is 1120. The molecular weight excluding hydrogens is 453 g/mol. The van der Waals surface area contributed by atoms with Gasteiger partial charge in [0.2, 0.25) is 11.8 Å². The van der Waals surface area contributed by atoms with Crippen molar-refractivity contribution in [1.82, 2.24) is 0 Å². The maximum atomic E-state index is 12.8. The second-order valence-corrected chi connectivity index (χ2v) is 10.2. The second kappa shape index (κ2) is 8.91. The number of amides is 2. The van der Waals surface area contributed by atoms with Crippen LogP contribution in [-0.2, 0) is 25.6 Å². The van der Waals surface area contributed by atoms with E-state index in [4.69, 9.17) is 0 Å². The molecule has 6 nitrogen and oxygen atoms in total. The van der Waals surface area contributed by atoms with Crippen molar-refractivity contribution >= 4 is 44.8 Å². The van der Waals surface area contributed by atoms with Gasteiger partial charge in [0.1, 0.15) is 0 Å². The summed E-state index contributed by atoms with van der Waals surface area (Å²) >= 11 is 1.44. The smallest absolute Gasteiger partial charge is 0.326 e. The largest absolute Gasteiger partial charge is 0.416 e. The van der Waals surface area contributed by atoms with Crippen LogP contribution >= 0.6 is 11.8 Å². The third kappa shape index (κ3) is 5.79. The summed E-state index contributed by atoms with van der Waals surface area (Å²) < 4.78 is 63.6. The number of nitrogens with one attached hydrogen (secondary N) is 2. The minimum atomic E-state index is -4.55. The van der Waals surface area contributed by atoms with Crippen molar-refractivity contribution in [2.24, 2.45) is 5.92 Å². The van der Waals surface area contributed by atoms with Crippen molar-refractivity contribution in [3.05, 3.63) is 48.0 Å². The molecule has 0 saturated carbocycles. The van der Waals surface area contributed by atoms with Gasteiger partial charge >= 0.3 is 6.18 Å². The van der Waals surface area contributed by atoms with E-state index in [0.29, 0.717) is 11.4 Å². The molecule has 0 unspecified atom stereocenters. The number of anilines is 2. The monoisotopic (exact) mass is 472 g/mol. The first-order chi connectivity index (χ1) is 14.5. The first-order valence-electron chi connectivity index (χ1n) is 9.23. The van der Waals surface area contributed by atoms with Crippen molar-refractivity contribution in [3.8, 4) is 0 Å². The topological polar surface area (TPSA) is 92.3 Å². The van der Waals surface area contributed by atoms with Gasteiger partial charge in [-0.15, -0.1) is 11.8 Å². The Morgan fingerprint density at radius 3 is 2.68 bits per heavy atom. The molecule has 1 heterocycles. The molecule has 0 radical (unpaired) electrons. The average Bonchev–Trinajstić information content (AvgIpc) is 2.84. The minimum absolute atomic E-state index is 0.0476. The zero-order chi connectivity index (χ0) is 22.8. The molecule has 166 valence electrons. The Morgan fingerprint density at radius 1 is 1.23 bits per heavy atom. The third-order valence-electron chi connectivity index (χ3n) is 4.58. The van der Waals surface area contributed by atoms with Crippen LogP contribution in [0.5, 0.6) is 0 Å². The third-order valence-corrected chi connectivity index (χ3v) is 7.62. The summed E-state index contributed by atoms with van der Waals surface area (Å²) in [5, 5.41) is 4.99. The Kier molecular flexibility index (Phi) is 6.65. The molecule has 0 fully saturated rings. The molecule has 2 aromatic carbocycles. The standard InChI is InChI=1S/C20H19F3N2O4S2/c1-12-11-30-17-6-5-15(10-16(17)25-19(12)27)31(28,29)8-7-18(26)24-14-4-2-3-13(9-14)20(21,22)23/h2-6,9-10,12H,7-8,11H2,1H3,(H,24,26)(H,25,27)/t12-/m0/s1. The van der Waals surface area contributed by atoms with Gasteiger partial charge in [-0.25, -0.2) is 8.42 Å². The highest BCUT2D eigenvalue weighted by Gasteiger charge is 2.30. The predicted molar refractivity (Wildman–Crippen MR) is 112 cm³/mol. The lowest BCUT2D eigenvalue weighted by molar-refractivity contribution is -0.137. The maximum absolute atomic E-state index is 12.8. The van der Waals surface area contributed by atoms with E-state index in [2.05, 4.69) is 10.6 Å². The van der Waals surface area contributed by atoms with Crippen LogP contribution in [-0.4, -0.2) is 31.7 Å². The summed E-state index contributed by atoms with van der Waals surface area (Å²) in [5.41, 5.74) is -0.595. The van der Waals surface area contributed by atoms with Crippen LogP contribution in [0.2, 0.25) is 0 Å². The molecule has 1 atom stereocenters. The molecule has 0 bridgehead atoms. The maximum Gasteiger partial charge on any atom is 0.416 e. The number of thioether (sulfide) groups is 1. The van der Waals surface area contributed by atoms with Crippen molar-refractivity contribution in [2.75, 3.05) is 22.1 Å². The number of alkyl halides is 3. The number of rotatable bonds is 5. The molecular formula is C20H19F3N2O4S2. The van der Waals surface area contributed by atoms with Crippen molar-refractivity contribution in [2.45, 2.75) is 29.3 Å². The van der Waals surface area contributed by atoms with E-state index in [1.165, 1.54) is 30.0 Å². The summed E-state index contributed by atoms with van der Waals surface area (Å²) in [6.07, 6.45) is -4.99. The lowest BCUT2D eigenvalue weighted by Crippen LogP contribution is -2.20. The van der Waals surface area contributed by atoms with E-state index >= 15 is 0 Å². The van der Waals surface area contributed by atoms with E-state index in [1.54, 1.807) is 13.0 Å². The lowest BCUT2D eigenvalue weighted by atomic mass is 10.2. The summed E-state index contributed by atoms with van der Waals surface area (Å²) in [6.45, 7) is 1.77. The zero-order valence-electron chi connectivity index (χ0n) is 16.3. The predicted octanol–water partition coefficient (Wildman–Crippen LogP) is 4.19. The SMILES string of the molecule is C[C@H]1CSc2ccc(S(=O)(=O)CCC(=O)Nc3cccc(C(F)(F)F)c3)cc2NC1=O. The molecule has 3 rings (SSSR count). The number of benzene rings is 2. The highest BCUT2D eigenvalue weighted by Crippen LogP contribution is 2.34. The van der Waals surface area contributed by atoms with Crippen LogP contribution in [0.1, 0.15) is 18.9 Å². The normalized spacial score (nSPS) is 16.8. The molecule has 1 aliphatic heterocycles. The molecule has 2 amide bonds. The summed E-state index contributed by atoms with van der Waals surface area (Å²) in [7, 11) is -3.86. The molecule has 2 N–H and O–H groups in total. The molecule has 0 aliphatic carbocycles. The van der Waals surface area contributed by atoms with Crippen LogP contribution in [0, 0.1) is 5.92 Å². The Morgan fingerprint density at radius 2 is 1.97 bits per heavy atom. The average molecular weight is 473 g/mol. The van der Waals surface area contributed by atoms with Crippen LogP contribution < -0.4 is 10.6 Å². The Balaban J connectivity index is 1.67. The van der Waals surface area contributed by atoms with Crippen LogP contribution in [0.3, 0.4) is 0 Å². The lowest BCUT2D eigenvalue weighted by Gasteiger charge is -2.11. The summed E-state index contributed by atoms with van der Waals surface area (Å²) in [6, 6.07) is 8.46. The highest BCUT2D eigenvalue weighted by atomic mass is 32.2. The first kappa shape index (κ1) is 23.1. The fraction of sp³-hybridized carbons (Fsp3) is 0.300. The van der Waals surface area contributed by atoms with E-state index in [-0.39, 0.29) is 22.4 Å². The van der Waals surface area contributed by atoms with Crippen LogP contribution in [0.15, 0.2) is 52.3 Å². The first-order valence-corrected chi connectivity index (χ1v) is 11.9. The molecule has 1 aliphatic rings. The van der Waals surface area contributed by atoms with Crippen molar-refractivity contribution in [3.63, 3.8) is 0 Å². The van der Waals surface area contributed by atoms with E-state index in [0.717, 1.165) is 23.1 Å². The van der Waals surface area contributed by atoms with Gasteiger partial charge < -0.3 is 10.6 Å². The minimum Gasteiger partial charge on any atom is -0.326 e. The zero-order valence-corrected chi connectivity index (χ0v) is 18.0. The van der Waals surface area contributed by atoms with E-state index < -0.39 is 39.7 Å². The molecule has 11 heteroatoms. The number of sulfone groups is 1. The molecule has 2 aromatic rings. The van der Waals surface area contributed by atoms with Crippen molar-refractivity contribution in [1.29, 1.82) is 0 Å². The van der Waals surface area contributed by atoms with Gasteiger partial charge in [0, 0.05) is 28.7 Å². The van der Waals surface area contributed by atoms with E-state index in [1.807, 2.05) is 0 Å². The van der Waals surface area contributed by atoms with E-state index in [9.17, 15) is 31.2 Å². The van der Waals surface area contributed by atoms with Gasteiger partial charge in [0.25, 0.3) is 0 Å². The summed E-state index contributed by atoms with van der Waals surface area (Å²) in [5.74, 6) is -1.12. The number of fused-ring (bicyclic) bond motifs is 1. The Labute approximate surface area is 181 Å². The number of hydrogen-bond donors (Lipinski definition) is 2. The fourth-order valence-electron chi connectivity index (χ4n) is 2.81. The molecule has 0 aromatic heterocycles. The number of carbonyl (C=O) groups excluding carboxylic acids is 2. The number of hydrogen-bond acceptors (Lipinski definition) is 5. The van der Waals surface area contributed by atoms with Gasteiger partial charge in [-0.2, -0.15) is 13.2 Å². The highest BCUT2D eigenvalue weighted by molar-refractivity contribution is 7.99. The molecule has 0 spiro atoms. The molecule has 31 heavy (non-hydrogen) atoms. The number of halogens is 3. The van der Waals surface area contributed by atoms with Crippen LogP contribution in [0.25, 0.3) is 0 Å². The van der Waals surface area contributed by atoms with Gasteiger partial charge in [0.05, 0.1) is 21.9 Å². The number of carbonyl (C=O) groups is 2. The Hall–Kier alpha value is -2.53. The molecule has 0 saturated heterocycles. The van der Waals surface area contributed by atoms with Gasteiger partial charge in [-0.1, -0.05) is 13.0 Å².